The molecule has 2 fully saturated rings. The smallest absolute Gasteiger partial charge is 0.222 e. The van der Waals surface area contributed by atoms with Crippen LogP contribution in [-0.2, 0) is 15.1 Å². The lowest BCUT2D eigenvalue weighted by atomic mass is 9.73. The van der Waals surface area contributed by atoms with E-state index in [2.05, 4.69) is 5.32 Å². The molecule has 41 heavy (non-hydrogen) atoms. The number of carbonyl (C=O) groups excluding carboxylic acids is 1. The number of amides is 1. The molecule has 1 saturated heterocycles. The van der Waals surface area contributed by atoms with Gasteiger partial charge in [-0.2, -0.15) is 0 Å². The number of ether oxygens (including phenoxy) is 2. The van der Waals surface area contributed by atoms with E-state index < -0.39 is 5.60 Å². The van der Waals surface area contributed by atoms with Crippen molar-refractivity contribution >= 4 is 5.91 Å². The van der Waals surface area contributed by atoms with Gasteiger partial charge in [-0.05, 0) is 82.2 Å². The molecular formula is C35H52N2O4. The van der Waals surface area contributed by atoms with Gasteiger partial charge < -0.3 is 24.8 Å². The van der Waals surface area contributed by atoms with E-state index in [1.807, 2.05) is 66.5 Å². The van der Waals surface area contributed by atoms with E-state index in [9.17, 15) is 9.90 Å². The summed E-state index contributed by atoms with van der Waals surface area (Å²) in [5.74, 6) is 2.71. The third-order valence-electron chi connectivity index (χ3n) is 9.28. The number of carbonyl (C=O) groups is 1. The zero-order chi connectivity index (χ0) is 28.9. The van der Waals surface area contributed by atoms with Gasteiger partial charge in [0, 0.05) is 44.7 Å². The van der Waals surface area contributed by atoms with Crippen LogP contribution in [0.25, 0.3) is 0 Å². The number of likely N-dealkylation sites (tertiary alicyclic amines) is 1. The monoisotopic (exact) mass is 564 g/mol. The molecule has 1 saturated carbocycles. The first-order chi connectivity index (χ1) is 20.0. The molecule has 1 heterocycles. The number of rotatable bonds is 15. The van der Waals surface area contributed by atoms with Crippen LogP contribution in [0, 0.1) is 17.8 Å². The number of piperidine rings is 1. The molecule has 1 amide bonds. The number of hydrogen-bond acceptors (Lipinski definition) is 5. The van der Waals surface area contributed by atoms with Crippen LogP contribution in [-0.4, -0.2) is 56.3 Å². The highest BCUT2D eigenvalue weighted by Crippen LogP contribution is 2.44. The number of aliphatic hydroxyl groups is 1. The van der Waals surface area contributed by atoms with Gasteiger partial charge in [-0.25, -0.2) is 0 Å². The van der Waals surface area contributed by atoms with Gasteiger partial charge in [-0.1, -0.05) is 68.5 Å². The molecule has 1 aliphatic carbocycles. The van der Waals surface area contributed by atoms with Gasteiger partial charge in [0.1, 0.15) is 11.5 Å². The highest BCUT2D eigenvalue weighted by Gasteiger charge is 2.43. The zero-order valence-electron chi connectivity index (χ0n) is 25.4. The van der Waals surface area contributed by atoms with Gasteiger partial charge in [0.05, 0.1) is 5.60 Å². The summed E-state index contributed by atoms with van der Waals surface area (Å²) >= 11 is 0. The van der Waals surface area contributed by atoms with Crippen molar-refractivity contribution in [3.8, 4) is 11.5 Å². The summed E-state index contributed by atoms with van der Waals surface area (Å²) in [6.07, 6.45) is 12.4. The maximum Gasteiger partial charge on any atom is 0.222 e. The van der Waals surface area contributed by atoms with Crippen molar-refractivity contribution in [2.24, 2.45) is 17.8 Å². The number of nitrogens with one attached hydrogen (secondary N) is 1. The Balaban J connectivity index is 1.51. The largest absolute Gasteiger partial charge is 0.457 e. The number of methoxy groups -OCH3 is 1. The first kappa shape index (κ1) is 31.5. The predicted molar refractivity (Wildman–Crippen MR) is 165 cm³/mol. The highest BCUT2D eigenvalue weighted by molar-refractivity contribution is 5.76. The molecule has 2 N–H and O–H groups in total. The lowest BCUT2D eigenvalue weighted by Crippen LogP contribution is -2.48. The summed E-state index contributed by atoms with van der Waals surface area (Å²) in [5, 5.41) is 15.9. The topological polar surface area (TPSA) is 71.0 Å². The number of benzene rings is 2. The Morgan fingerprint density at radius 2 is 1.78 bits per heavy atom. The van der Waals surface area contributed by atoms with E-state index in [-0.39, 0.29) is 11.8 Å². The quantitative estimate of drug-likeness (QED) is 0.230. The Labute approximate surface area is 247 Å². The molecule has 6 nitrogen and oxygen atoms in total. The van der Waals surface area contributed by atoms with E-state index in [1.54, 1.807) is 7.11 Å². The SMILES string of the molecule is CNC[C@@H](CC(=O)N1CCC[C@@H]([C@@](O)(CCCCOC)c2ccccc2Oc2ccccc2)C1)CC1CCCCC1. The average Bonchev–Trinajstić information content (AvgIpc) is 3.01. The molecule has 0 spiro atoms. The Kier molecular flexibility index (Phi) is 12.5. The first-order valence-electron chi connectivity index (χ1n) is 16.0. The molecule has 0 bridgehead atoms. The van der Waals surface area contributed by atoms with Gasteiger partial charge in [-0.15, -0.1) is 0 Å². The number of nitrogens with zero attached hydrogens (tertiary/aromatic N) is 1. The van der Waals surface area contributed by atoms with E-state index in [0.717, 1.165) is 62.4 Å². The Hall–Kier alpha value is -2.41. The van der Waals surface area contributed by atoms with Gasteiger partial charge in [-0.3, -0.25) is 4.79 Å². The summed E-state index contributed by atoms with van der Waals surface area (Å²) in [4.78, 5) is 15.8. The van der Waals surface area contributed by atoms with Crippen LogP contribution in [0.1, 0.15) is 82.6 Å². The first-order valence-corrected chi connectivity index (χ1v) is 16.0. The van der Waals surface area contributed by atoms with Crippen molar-refractivity contribution in [3.05, 3.63) is 60.2 Å². The van der Waals surface area contributed by atoms with Crippen molar-refractivity contribution in [2.45, 2.75) is 82.7 Å². The minimum Gasteiger partial charge on any atom is -0.457 e. The summed E-state index contributed by atoms with van der Waals surface area (Å²) in [7, 11) is 3.71. The summed E-state index contributed by atoms with van der Waals surface area (Å²) in [6.45, 7) is 2.90. The van der Waals surface area contributed by atoms with E-state index in [0.29, 0.717) is 37.7 Å². The van der Waals surface area contributed by atoms with Crippen LogP contribution in [0.2, 0.25) is 0 Å². The molecule has 0 radical (unpaired) electrons. The van der Waals surface area contributed by atoms with E-state index in [4.69, 9.17) is 9.47 Å². The van der Waals surface area contributed by atoms with Crippen molar-refractivity contribution < 1.29 is 19.4 Å². The van der Waals surface area contributed by atoms with Crippen molar-refractivity contribution in [2.75, 3.05) is 40.4 Å². The maximum absolute atomic E-state index is 13.7. The van der Waals surface area contributed by atoms with Crippen LogP contribution in [0.4, 0.5) is 0 Å². The standard InChI is InChI=1S/C35H52N2O4/c1-36-26-29(24-28-14-5-3-6-15-28)25-34(38)37-22-13-16-30(27-37)35(39,21-11-12-23-40-2)32-19-9-10-20-33(32)41-31-17-7-4-8-18-31/h4,7-10,17-20,28-30,36,39H,3,5-6,11-16,21-27H2,1-2H3/t29-,30-,35+/m1/s1. The number of hydrogen-bond donors (Lipinski definition) is 2. The normalized spacial score (nSPS) is 20.4. The average molecular weight is 565 g/mol. The second kappa shape index (κ2) is 16.3. The highest BCUT2D eigenvalue weighted by atomic mass is 16.5. The molecular weight excluding hydrogens is 512 g/mol. The second-order valence-corrected chi connectivity index (χ2v) is 12.3. The number of para-hydroxylation sites is 2. The molecule has 6 heteroatoms. The molecule has 1 aliphatic heterocycles. The van der Waals surface area contributed by atoms with Gasteiger partial charge in [0.25, 0.3) is 0 Å². The summed E-state index contributed by atoms with van der Waals surface area (Å²) in [6, 6.07) is 17.6. The molecule has 2 aliphatic rings. The van der Waals surface area contributed by atoms with Crippen LogP contribution in [0.3, 0.4) is 0 Å². The second-order valence-electron chi connectivity index (χ2n) is 12.3. The van der Waals surface area contributed by atoms with Crippen LogP contribution < -0.4 is 10.1 Å². The predicted octanol–water partition coefficient (Wildman–Crippen LogP) is 6.92. The minimum absolute atomic E-state index is 0.0654. The van der Waals surface area contributed by atoms with Crippen LogP contribution in [0.15, 0.2) is 54.6 Å². The fraction of sp³-hybridized carbons (Fsp3) is 0.629. The van der Waals surface area contributed by atoms with Crippen molar-refractivity contribution in [1.82, 2.24) is 10.2 Å². The fourth-order valence-corrected chi connectivity index (χ4v) is 7.12. The summed E-state index contributed by atoms with van der Waals surface area (Å²) < 4.78 is 11.6. The third-order valence-corrected chi connectivity index (χ3v) is 9.28. The molecule has 0 unspecified atom stereocenters. The van der Waals surface area contributed by atoms with Gasteiger partial charge in [0.2, 0.25) is 5.91 Å². The molecule has 2 aromatic carbocycles. The maximum atomic E-state index is 13.7. The van der Waals surface area contributed by atoms with Gasteiger partial charge in [0.15, 0.2) is 0 Å². The third kappa shape index (κ3) is 9.04. The van der Waals surface area contributed by atoms with Gasteiger partial charge >= 0.3 is 0 Å². The van der Waals surface area contributed by atoms with E-state index >= 15 is 0 Å². The Morgan fingerprint density at radius 1 is 1.02 bits per heavy atom. The molecule has 3 atom stereocenters. The molecule has 2 aromatic rings. The summed E-state index contributed by atoms with van der Waals surface area (Å²) in [5.41, 5.74) is -0.296. The Bertz CT molecular complexity index is 1040. The fourth-order valence-electron chi connectivity index (χ4n) is 7.12. The van der Waals surface area contributed by atoms with Crippen LogP contribution >= 0.6 is 0 Å². The van der Waals surface area contributed by atoms with Crippen LogP contribution in [0.5, 0.6) is 11.5 Å². The van der Waals surface area contributed by atoms with Crippen molar-refractivity contribution in [3.63, 3.8) is 0 Å². The van der Waals surface area contributed by atoms with E-state index in [1.165, 1.54) is 32.1 Å². The molecule has 4 rings (SSSR count). The number of unbranched alkanes of at least 4 members (excludes halogenated alkanes) is 1. The molecule has 0 aromatic heterocycles. The zero-order valence-corrected chi connectivity index (χ0v) is 25.4. The van der Waals surface area contributed by atoms with Crippen molar-refractivity contribution in [1.29, 1.82) is 0 Å². The lowest BCUT2D eigenvalue weighted by Gasteiger charge is -2.43. The minimum atomic E-state index is -1.11. The molecule has 226 valence electrons. The Morgan fingerprint density at radius 3 is 2.54 bits per heavy atom. The lowest BCUT2D eigenvalue weighted by molar-refractivity contribution is -0.138.